The first-order valence-corrected chi connectivity index (χ1v) is 5.41. The van der Waals surface area contributed by atoms with E-state index in [0.29, 0.717) is 6.61 Å². The fraction of sp³-hybridized carbons (Fsp3) is 0.286. The average molecular weight is 258 g/mol. The van der Waals surface area contributed by atoms with Crippen molar-refractivity contribution in [2.45, 2.75) is 19.3 Å². The average Bonchev–Trinajstić information content (AvgIpc) is 2.94. The van der Waals surface area contributed by atoms with E-state index in [0.717, 1.165) is 19.3 Å². The molecular weight excluding hydrogens is 240 g/mol. The van der Waals surface area contributed by atoms with E-state index in [1.807, 2.05) is 42.5 Å². The second-order valence-corrected chi connectivity index (χ2v) is 3.44. The van der Waals surface area contributed by atoms with Crippen molar-refractivity contribution < 1.29 is 22.2 Å². The Balaban J connectivity index is 0.000000318. The van der Waals surface area contributed by atoms with Crippen molar-refractivity contribution in [1.82, 2.24) is 0 Å². The van der Waals surface area contributed by atoms with Crippen LogP contribution in [-0.2, 0) is 23.5 Å². The Bertz CT molecular complexity index is 280. The normalized spacial score (nSPS) is 8.81. The van der Waals surface area contributed by atoms with Crippen molar-refractivity contribution in [2.24, 2.45) is 0 Å². The van der Waals surface area contributed by atoms with E-state index in [2.05, 4.69) is 12.1 Å². The van der Waals surface area contributed by atoms with Gasteiger partial charge in [0.05, 0.1) is 0 Å². The standard InChI is InChI=1S/C9H13O.C5H5.Fe/c10-8-4-3-7-9-5-1-2-6-9;1-2-4-5-3-1;/h1-2,5-6,10H,3-4,7-8H2;1-5H;/q2*-1;+2. The minimum atomic E-state index is 0. The number of unbranched alkanes of at least 4 members (excludes halogenated alkanes) is 1. The molecule has 0 bridgehead atoms. The third-order valence-corrected chi connectivity index (χ3v) is 2.16. The Hall–Kier alpha value is -0.821. The molecule has 2 aromatic carbocycles. The van der Waals surface area contributed by atoms with Crippen molar-refractivity contribution >= 4 is 0 Å². The smallest absolute Gasteiger partial charge is 0.396 e. The van der Waals surface area contributed by atoms with Gasteiger partial charge in [0.1, 0.15) is 0 Å². The Kier molecular flexibility index (Phi) is 10.1. The minimum absolute atomic E-state index is 0. The van der Waals surface area contributed by atoms with Crippen LogP contribution < -0.4 is 0 Å². The summed E-state index contributed by atoms with van der Waals surface area (Å²) in [6.45, 7) is 0.320. The van der Waals surface area contributed by atoms with Crippen LogP contribution >= 0.6 is 0 Å². The van der Waals surface area contributed by atoms with E-state index in [1.54, 1.807) is 0 Å². The van der Waals surface area contributed by atoms with Crippen molar-refractivity contribution in [3.05, 3.63) is 60.2 Å². The van der Waals surface area contributed by atoms with Gasteiger partial charge in [-0.25, -0.2) is 24.3 Å². The SMILES string of the molecule is OCCCCc1ccc[cH-]1.[Fe+2].c1cc[cH-]c1. The van der Waals surface area contributed by atoms with Gasteiger partial charge in [-0.05, 0) is 12.8 Å². The van der Waals surface area contributed by atoms with Crippen LogP contribution in [0.25, 0.3) is 0 Å². The topological polar surface area (TPSA) is 20.2 Å². The van der Waals surface area contributed by atoms with Gasteiger partial charge in [-0.1, -0.05) is 6.42 Å². The van der Waals surface area contributed by atoms with Gasteiger partial charge in [-0.2, -0.15) is 35.9 Å². The second kappa shape index (κ2) is 10.7. The number of hydrogen-bond acceptors (Lipinski definition) is 1. The van der Waals surface area contributed by atoms with Crippen LogP contribution in [0.4, 0.5) is 0 Å². The van der Waals surface area contributed by atoms with Crippen LogP contribution in [0, 0.1) is 0 Å². The summed E-state index contributed by atoms with van der Waals surface area (Å²) in [5.74, 6) is 0. The Morgan fingerprint density at radius 1 is 1.00 bits per heavy atom. The predicted octanol–water partition coefficient (Wildman–Crippen LogP) is 3.12. The molecular formula is C14H18FeO. The summed E-state index contributed by atoms with van der Waals surface area (Å²) in [6.07, 6.45) is 3.12. The van der Waals surface area contributed by atoms with Crippen LogP contribution in [-0.4, -0.2) is 11.7 Å². The van der Waals surface area contributed by atoms with Crippen molar-refractivity contribution in [2.75, 3.05) is 6.61 Å². The molecule has 2 aromatic rings. The molecule has 0 aliphatic carbocycles. The molecule has 0 aliphatic rings. The van der Waals surface area contributed by atoms with Crippen molar-refractivity contribution in [3.63, 3.8) is 0 Å². The zero-order valence-electron chi connectivity index (χ0n) is 9.33. The first-order chi connectivity index (χ1) is 7.43. The third kappa shape index (κ3) is 7.47. The molecule has 0 saturated carbocycles. The Labute approximate surface area is 108 Å². The zero-order valence-corrected chi connectivity index (χ0v) is 10.4. The maximum Gasteiger partial charge on any atom is 2.00 e. The van der Waals surface area contributed by atoms with Gasteiger partial charge in [0.15, 0.2) is 0 Å². The molecule has 2 rings (SSSR count). The molecule has 0 aromatic heterocycles. The molecule has 0 unspecified atom stereocenters. The maximum atomic E-state index is 8.49. The molecule has 0 radical (unpaired) electrons. The zero-order chi connectivity index (χ0) is 10.8. The van der Waals surface area contributed by atoms with Gasteiger partial charge in [0.25, 0.3) is 0 Å². The summed E-state index contributed by atoms with van der Waals surface area (Å²) in [5, 5.41) is 8.49. The molecule has 0 spiro atoms. The van der Waals surface area contributed by atoms with Crippen LogP contribution in [0.3, 0.4) is 0 Å². The molecule has 1 N–H and O–H groups in total. The number of aliphatic hydroxyl groups is 1. The fourth-order valence-electron chi connectivity index (χ4n) is 1.34. The Morgan fingerprint density at radius 2 is 1.75 bits per heavy atom. The summed E-state index contributed by atoms with van der Waals surface area (Å²) in [4.78, 5) is 0. The minimum Gasteiger partial charge on any atom is -0.396 e. The molecule has 88 valence electrons. The summed E-state index contributed by atoms with van der Waals surface area (Å²) in [6, 6.07) is 18.3. The summed E-state index contributed by atoms with van der Waals surface area (Å²) >= 11 is 0. The Morgan fingerprint density at radius 3 is 2.19 bits per heavy atom. The van der Waals surface area contributed by atoms with Gasteiger partial charge < -0.3 is 5.11 Å². The number of rotatable bonds is 4. The van der Waals surface area contributed by atoms with Gasteiger partial charge in [0, 0.05) is 6.61 Å². The third-order valence-electron chi connectivity index (χ3n) is 2.16. The van der Waals surface area contributed by atoms with Gasteiger partial charge in [-0.15, -0.1) is 0 Å². The molecule has 0 heterocycles. The largest absolute Gasteiger partial charge is 2.00 e. The quantitative estimate of drug-likeness (QED) is 0.507. The number of aryl methyl sites for hydroxylation is 1. The van der Waals surface area contributed by atoms with Crippen molar-refractivity contribution in [1.29, 1.82) is 0 Å². The predicted molar refractivity (Wildman–Crippen MR) is 64.1 cm³/mol. The van der Waals surface area contributed by atoms with Gasteiger partial charge in [-0.3, -0.25) is 0 Å². The van der Waals surface area contributed by atoms with E-state index < -0.39 is 0 Å². The fourth-order valence-corrected chi connectivity index (χ4v) is 1.34. The van der Waals surface area contributed by atoms with Gasteiger partial charge in [0.2, 0.25) is 0 Å². The first-order valence-electron chi connectivity index (χ1n) is 5.41. The number of aliphatic hydroxyl groups excluding tert-OH is 1. The molecule has 0 atom stereocenters. The van der Waals surface area contributed by atoms with Crippen LogP contribution in [0.2, 0.25) is 0 Å². The maximum absolute atomic E-state index is 8.49. The van der Waals surface area contributed by atoms with Gasteiger partial charge >= 0.3 is 17.1 Å². The van der Waals surface area contributed by atoms with Crippen LogP contribution in [0.5, 0.6) is 0 Å². The molecule has 16 heavy (non-hydrogen) atoms. The van der Waals surface area contributed by atoms with Crippen molar-refractivity contribution in [3.8, 4) is 0 Å². The molecule has 0 saturated heterocycles. The number of hydrogen-bond donors (Lipinski definition) is 1. The molecule has 2 heteroatoms. The van der Waals surface area contributed by atoms with E-state index in [-0.39, 0.29) is 17.1 Å². The molecule has 1 nitrogen and oxygen atoms in total. The second-order valence-electron chi connectivity index (χ2n) is 3.44. The molecule has 0 aliphatic heterocycles. The first kappa shape index (κ1) is 15.2. The molecule has 0 amide bonds. The van der Waals surface area contributed by atoms with E-state index in [1.165, 1.54) is 5.56 Å². The van der Waals surface area contributed by atoms with Crippen LogP contribution in [0.1, 0.15) is 18.4 Å². The van der Waals surface area contributed by atoms with E-state index >= 15 is 0 Å². The molecule has 0 fully saturated rings. The van der Waals surface area contributed by atoms with Crippen LogP contribution in [0.15, 0.2) is 54.6 Å². The summed E-state index contributed by atoms with van der Waals surface area (Å²) < 4.78 is 0. The van der Waals surface area contributed by atoms with E-state index in [4.69, 9.17) is 5.11 Å². The monoisotopic (exact) mass is 258 g/mol. The van der Waals surface area contributed by atoms with E-state index in [9.17, 15) is 0 Å². The summed E-state index contributed by atoms with van der Waals surface area (Å²) in [7, 11) is 0. The summed E-state index contributed by atoms with van der Waals surface area (Å²) in [5.41, 5.74) is 1.38.